The summed E-state index contributed by atoms with van der Waals surface area (Å²) in [6.45, 7) is 0. The van der Waals surface area contributed by atoms with Gasteiger partial charge in [-0.1, -0.05) is 146 Å². The zero-order valence-electron chi connectivity index (χ0n) is 26.1. The van der Waals surface area contributed by atoms with Crippen LogP contribution in [0.25, 0.3) is 74.4 Å². The molecule has 0 aliphatic heterocycles. The van der Waals surface area contributed by atoms with E-state index in [-0.39, 0.29) is 0 Å². The van der Waals surface area contributed by atoms with Crippen LogP contribution in [-0.4, -0.2) is 0 Å². The van der Waals surface area contributed by atoms with Crippen molar-refractivity contribution in [1.82, 2.24) is 0 Å². The summed E-state index contributed by atoms with van der Waals surface area (Å²) in [5, 5.41) is 12.8. The fourth-order valence-electron chi connectivity index (χ4n) is 7.56. The van der Waals surface area contributed by atoms with E-state index in [2.05, 4.69) is 181 Å². The fourth-order valence-corrected chi connectivity index (χ4v) is 8.83. The van der Waals surface area contributed by atoms with Crippen molar-refractivity contribution in [3.8, 4) is 11.1 Å². The van der Waals surface area contributed by atoms with Gasteiger partial charge in [-0.25, -0.2) is 0 Å². The zero-order chi connectivity index (χ0) is 31.6. The molecule has 0 aliphatic rings. The number of benzene rings is 9. The number of fused-ring (bicyclic) bond motifs is 10. The second-order valence-corrected chi connectivity index (χ2v) is 13.6. The molecule has 2 heteroatoms. The average molecular weight is 628 g/mol. The van der Waals surface area contributed by atoms with Gasteiger partial charge in [0.25, 0.3) is 0 Å². The summed E-state index contributed by atoms with van der Waals surface area (Å²) in [5.74, 6) is 0. The molecule has 0 saturated heterocycles. The first-order chi connectivity index (χ1) is 23.8. The summed E-state index contributed by atoms with van der Waals surface area (Å²) in [6, 6.07) is 64.5. The Labute approximate surface area is 282 Å². The predicted octanol–water partition coefficient (Wildman–Crippen LogP) is 13.8. The lowest BCUT2D eigenvalue weighted by Gasteiger charge is -2.28. The van der Waals surface area contributed by atoms with E-state index in [4.69, 9.17) is 0 Å². The van der Waals surface area contributed by atoms with Gasteiger partial charge in [0.1, 0.15) is 0 Å². The van der Waals surface area contributed by atoms with Crippen LogP contribution in [0.5, 0.6) is 0 Å². The normalized spacial score (nSPS) is 11.8. The topological polar surface area (TPSA) is 3.24 Å². The highest BCUT2D eigenvalue weighted by atomic mass is 32.1. The monoisotopic (exact) mass is 627 g/mol. The molecule has 1 heterocycles. The van der Waals surface area contributed by atoms with Gasteiger partial charge in [-0.05, 0) is 79.2 Å². The molecule has 1 nitrogen and oxygen atoms in total. The third-order valence-electron chi connectivity index (χ3n) is 9.79. The number of thiophene rings is 1. The number of nitrogens with zero attached hydrogens (tertiary/aromatic N) is 1. The van der Waals surface area contributed by atoms with Gasteiger partial charge in [-0.15, -0.1) is 11.3 Å². The van der Waals surface area contributed by atoms with Gasteiger partial charge >= 0.3 is 0 Å². The molecule has 0 fully saturated rings. The second-order valence-electron chi connectivity index (χ2n) is 12.5. The molecule has 0 spiro atoms. The van der Waals surface area contributed by atoms with E-state index >= 15 is 0 Å². The fraction of sp³-hybridized carbons (Fsp3) is 0. The Morgan fingerprint density at radius 2 is 0.958 bits per heavy atom. The summed E-state index contributed by atoms with van der Waals surface area (Å²) in [4.78, 5) is 2.47. The van der Waals surface area contributed by atoms with E-state index in [1.165, 1.54) is 80.1 Å². The summed E-state index contributed by atoms with van der Waals surface area (Å²) in [7, 11) is 0. The van der Waals surface area contributed by atoms with Crippen molar-refractivity contribution in [3.05, 3.63) is 176 Å². The molecule has 1 aromatic heterocycles. The first-order valence-corrected chi connectivity index (χ1v) is 17.2. The van der Waals surface area contributed by atoms with Gasteiger partial charge < -0.3 is 4.90 Å². The maximum Gasteiger partial charge on any atom is 0.0546 e. The molecule has 224 valence electrons. The van der Waals surface area contributed by atoms with Crippen molar-refractivity contribution in [2.24, 2.45) is 0 Å². The van der Waals surface area contributed by atoms with Crippen LogP contribution in [0, 0.1) is 0 Å². The van der Waals surface area contributed by atoms with Crippen LogP contribution in [0.3, 0.4) is 0 Å². The van der Waals surface area contributed by atoms with Crippen molar-refractivity contribution in [3.63, 3.8) is 0 Å². The van der Waals surface area contributed by atoms with Gasteiger partial charge in [-0.3, -0.25) is 0 Å². The van der Waals surface area contributed by atoms with Gasteiger partial charge in [0.05, 0.1) is 5.69 Å². The largest absolute Gasteiger partial charge is 0.310 e. The summed E-state index contributed by atoms with van der Waals surface area (Å²) >= 11 is 1.89. The molecule has 0 aliphatic carbocycles. The molecule has 9 aromatic carbocycles. The van der Waals surface area contributed by atoms with Gasteiger partial charge in [0.2, 0.25) is 0 Å². The van der Waals surface area contributed by atoms with E-state index in [1.807, 2.05) is 11.3 Å². The summed E-state index contributed by atoms with van der Waals surface area (Å²) in [6.07, 6.45) is 0. The maximum atomic E-state index is 2.47. The van der Waals surface area contributed by atoms with E-state index in [0.717, 1.165) is 11.4 Å². The number of rotatable bonds is 4. The van der Waals surface area contributed by atoms with Crippen LogP contribution < -0.4 is 4.90 Å². The molecule has 0 amide bonds. The van der Waals surface area contributed by atoms with Gasteiger partial charge in [-0.2, -0.15) is 0 Å². The van der Waals surface area contributed by atoms with Crippen LogP contribution in [-0.2, 0) is 0 Å². The minimum Gasteiger partial charge on any atom is -0.310 e. The Balaban J connectivity index is 1.28. The lowest BCUT2D eigenvalue weighted by atomic mass is 9.94. The lowest BCUT2D eigenvalue weighted by Crippen LogP contribution is -2.10. The van der Waals surface area contributed by atoms with E-state index in [0.29, 0.717) is 0 Å². The van der Waals surface area contributed by atoms with E-state index in [1.54, 1.807) is 0 Å². The minimum atomic E-state index is 1.13. The molecule has 0 bridgehead atoms. The zero-order valence-corrected chi connectivity index (χ0v) is 26.9. The molecule has 0 radical (unpaired) electrons. The Kier molecular flexibility index (Phi) is 6.12. The van der Waals surface area contributed by atoms with Crippen LogP contribution in [0.1, 0.15) is 0 Å². The van der Waals surface area contributed by atoms with Crippen LogP contribution >= 0.6 is 11.3 Å². The van der Waals surface area contributed by atoms with Crippen molar-refractivity contribution in [2.75, 3.05) is 4.90 Å². The molecule has 0 atom stereocenters. The first kappa shape index (κ1) is 27.2. The third kappa shape index (κ3) is 4.24. The third-order valence-corrected chi connectivity index (χ3v) is 11.0. The molecule has 10 rings (SSSR count). The smallest absolute Gasteiger partial charge is 0.0546 e. The van der Waals surface area contributed by atoms with Crippen molar-refractivity contribution in [2.45, 2.75) is 0 Å². The Morgan fingerprint density at radius 1 is 0.354 bits per heavy atom. The quantitative estimate of drug-likeness (QED) is 0.176. The van der Waals surface area contributed by atoms with E-state index < -0.39 is 0 Å². The van der Waals surface area contributed by atoms with Crippen LogP contribution in [0.4, 0.5) is 17.1 Å². The van der Waals surface area contributed by atoms with Crippen LogP contribution in [0.2, 0.25) is 0 Å². The second kappa shape index (κ2) is 10.8. The Morgan fingerprint density at radius 3 is 1.81 bits per heavy atom. The SMILES string of the molecule is c1ccc(-c2cccc(N(c3ccc4c(c3)sc3c5ccccc5ccc43)c3cccc4ccc5ccc6ccccc6c5c34)c2)cc1. The summed E-state index contributed by atoms with van der Waals surface area (Å²) < 4.78 is 2.64. The molecular formula is C46H29NS. The highest BCUT2D eigenvalue weighted by molar-refractivity contribution is 7.26. The predicted molar refractivity (Wildman–Crippen MR) is 209 cm³/mol. The summed E-state index contributed by atoms with van der Waals surface area (Å²) in [5.41, 5.74) is 5.86. The number of anilines is 3. The highest BCUT2D eigenvalue weighted by Crippen LogP contribution is 2.46. The molecular weight excluding hydrogens is 599 g/mol. The first-order valence-electron chi connectivity index (χ1n) is 16.4. The Hall–Kier alpha value is -5.96. The molecule has 10 aromatic rings. The Bertz CT molecular complexity index is 2840. The van der Waals surface area contributed by atoms with Gasteiger partial charge in [0.15, 0.2) is 0 Å². The number of hydrogen-bond donors (Lipinski definition) is 0. The van der Waals surface area contributed by atoms with Crippen LogP contribution in [0.15, 0.2) is 176 Å². The molecule has 48 heavy (non-hydrogen) atoms. The highest BCUT2D eigenvalue weighted by Gasteiger charge is 2.20. The molecule has 0 saturated carbocycles. The standard InChI is InChI=1S/C46H29NS/c1-2-10-30(11-3-1)35-15-8-16-36(28-35)47(37-25-27-40-41-26-24-32-13-5-7-18-39(32)46(41)48-43(40)29-37)42-19-9-14-33-22-23-34-21-20-31-12-4-6-17-38(31)44(34)45(33)42/h1-29H. The van der Waals surface area contributed by atoms with Crippen molar-refractivity contribution < 1.29 is 0 Å². The number of hydrogen-bond acceptors (Lipinski definition) is 2. The van der Waals surface area contributed by atoms with Gasteiger partial charge in [0, 0.05) is 36.9 Å². The van der Waals surface area contributed by atoms with Crippen molar-refractivity contribution >= 4 is 91.7 Å². The van der Waals surface area contributed by atoms with Crippen molar-refractivity contribution in [1.29, 1.82) is 0 Å². The minimum absolute atomic E-state index is 1.13. The van der Waals surface area contributed by atoms with E-state index in [9.17, 15) is 0 Å². The lowest BCUT2D eigenvalue weighted by molar-refractivity contribution is 1.31. The maximum absolute atomic E-state index is 2.47. The molecule has 0 unspecified atom stereocenters. The molecule has 0 N–H and O–H groups in total. The average Bonchev–Trinajstić information content (AvgIpc) is 3.54.